The molecule has 1 aromatic rings. The first kappa shape index (κ1) is 16.4. The number of hydrogen-bond donors (Lipinski definition) is 1. The van der Waals surface area contributed by atoms with Crippen molar-refractivity contribution in [3.05, 3.63) is 28.2 Å². The highest BCUT2D eigenvalue weighted by Crippen LogP contribution is 2.61. The van der Waals surface area contributed by atoms with Crippen molar-refractivity contribution in [3.8, 4) is 5.75 Å². The lowest BCUT2D eigenvalue weighted by Gasteiger charge is -2.57. The summed E-state index contributed by atoms with van der Waals surface area (Å²) in [6.07, 6.45) is 9.77. The average Bonchev–Trinajstić information content (AvgIpc) is 2.53. The Morgan fingerprint density at radius 3 is 2.42 bits per heavy atom. The molecule has 4 bridgehead atoms. The fraction of sp³-hybridized carbons (Fsp3) is 0.650. The molecular formula is C20H26BrNO2. The van der Waals surface area contributed by atoms with E-state index < -0.39 is 0 Å². The van der Waals surface area contributed by atoms with Gasteiger partial charge in [0.1, 0.15) is 5.75 Å². The molecule has 4 aliphatic carbocycles. The number of halogens is 1. The number of amides is 1. The Kier molecular flexibility index (Phi) is 4.36. The first-order chi connectivity index (χ1) is 11.6. The van der Waals surface area contributed by atoms with Gasteiger partial charge in [0.05, 0.1) is 12.7 Å². The minimum atomic E-state index is -0.00879. The highest BCUT2D eigenvalue weighted by atomic mass is 79.9. The number of carbonyl (C=O) groups is 1. The fourth-order valence-electron chi connectivity index (χ4n) is 5.94. The predicted molar refractivity (Wildman–Crippen MR) is 98.2 cm³/mol. The topological polar surface area (TPSA) is 38.3 Å². The molecule has 4 fully saturated rings. The molecule has 130 valence electrons. The molecule has 4 heteroatoms. The summed E-state index contributed by atoms with van der Waals surface area (Å²) < 4.78 is 6.04. The quantitative estimate of drug-likeness (QED) is 0.782. The molecule has 3 nitrogen and oxygen atoms in total. The highest BCUT2D eigenvalue weighted by molar-refractivity contribution is 9.10. The van der Waals surface area contributed by atoms with Gasteiger partial charge >= 0.3 is 0 Å². The maximum atomic E-state index is 12.5. The van der Waals surface area contributed by atoms with Crippen LogP contribution in [0.1, 0.15) is 55.3 Å². The van der Waals surface area contributed by atoms with Gasteiger partial charge in [-0.05, 0) is 102 Å². The summed E-state index contributed by atoms with van der Waals surface area (Å²) in [4.78, 5) is 12.5. The van der Waals surface area contributed by atoms with Crippen molar-refractivity contribution >= 4 is 21.8 Å². The van der Waals surface area contributed by atoms with Crippen LogP contribution < -0.4 is 10.1 Å². The monoisotopic (exact) mass is 391 g/mol. The number of nitrogens with one attached hydrogen (secondary N) is 1. The molecular weight excluding hydrogens is 366 g/mol. The smallest absolute Gasteiger partial charge is 0.252 e. The second kappa shape index (κ2) is 6.36. The summed E-state index contributed by atoms with van der Waals surface area (Å²) in [6.45, 7) is 0.786. The van der Waals surface area contributed by atoms with Crippen LogP contribution in [0.25, 0.3) is 0 Å². The maximum absolute atomic E-state index is 12.5. The number of carbonyl (C=O) groups excluding carboxylic acids is 1. The van der Waals surface area contributed by atoms with Crippen LogP contribution in [0, 0.1) is 23.2 Å². The van der Waals surface area contributed by atoms with Crippen LogP contribution in [0.15, 0.2) is 22.7 Å². The maximum Gasteiger partial charge on any atom is 0.252 e. The number of hydrogen-bond acceptors (Lipinski definition) is 2. The zero-order valence-corrected chi connectivity index (χ0v) is 15.9. The molecule has 0 spiro atoms. The Hall–Kier alpha value is -1.03. The summed E-state index contributed by atoms with van der Waals surface area (Å²) in [5.74, 6) is 3.62. The molecule has 0 heterocycles. The second-order valence-electron chi connectivity index (χ2n) is 8.27. The molecule has 4 aliphatic rings. The first-order valence-corrected chi connectivity index (χ1v) is 9.98. The summed E-state index contributed by atoms with van der Waals surface area (Å²) in [5, 5.41) is 3.14. The van der Waals surface area contributed by atoms with Crippen LogP contribution in [0.3, 0.4) is 0 Å². The lowest BCUT2D eigenvalue weighted by Crippen LogP contribution is -2.47. The lowest BCUT2D eigenvalue weighted by atomic mass is 9.49. The van der Waals surface area contributed by atoms with Gasteiger partial charge in [0.15, 0.2) is 0 Å². The zero-order chi connectivity index (χ0) is 16.7. The molecule has 0 aliphatic heterocycles. The molecule has 24 heavy (non-hydrogen) atoms. The average molecular weight is 392 g/mol. The minimum absolute atomic E-state index is 0.00879. The van der Waals surface area contributed by atoms with E-state index in [1.807, 2.05) is 12.1 Å². The largest absolute Gasteiger partial charge is 0.497 e. The highest BCUT2D eigenvalue weighted by Gasteiger charge is 2.50. The van der Waals surface area contributed by atoms with Crippen molar-refractivity contribution in [3.63, 3.8) is 0 Å². The van der Waals surface area contributed by atoms with E-state index >= 15 is 0 Å². The van der Waals surface area contributed by atoms with E-state index in [1.54, 1.807) is 13.2 Å². The molecule has 4 saturated carbocycles. The van der Waals surface area contributed by atoms with Crippen molar-refractivity contribution in [2.75, 3.05) is 13.7 Å². The lowest BCUT2D eigenvalue weighted by molar-refractivity contribution is -0.0564. The van der Waals surface area contributed by atoms with Crippen molar-refractivity contribution in [2.45, 2.75) is 44.9 Å². The van der Waals surface area contributed by atoms with Gasteiger partial charge in [-0.2, -0.15) is 0 Å². The Morgan fingerprint density at radius 1 is 1.21 bits per heavy atom. The van der Waals surface area contributed by atoms with Gasteiger partial charge in [0.2, 0.25) is 0 Å². The van der Waals surface area contributed by atoms with Gasteiger partial charge in [-0.25, -0.2) is 0 Å². The number of ether oxygens (including phenoxy) is 1. The van der Waals surface area contributed by atoms with Crippen molar-refractivity contribution in [1.29, 1.82) is 0 Å². The zero-order valence-electron chi connectivity index (χ0n) is 14.3. The second-order valence-corrected chi connectivity index (χ2v) is 9.12. The molecule has 0 radical (unpaired) electrons. The Balaban J connectivity index is 1.37. The van der Waals surface area contributed by atoms with Crippen LogP contribution >= 0.6 is 15.9 Å². The third-order valence-electron chi connectivity index (χ3n) is 6.52. The van der Waals surface area contributed by atoms with E-state index in [1.165, 1.54) is 38.5 Å². The van der Waals surface area contributed by atoms with Crippen LogP contribution in [0.5, 0.6) is 5.75 Å². The number of rotatable bonds is 5. The minimum Gasteiger partial charge on any atom is -0.497 e. The summed E-state index contributed by atoms with van der Waals surface area (Å²) in [6, 6.07) is 5.52. The van der Waals surface area contributed by atoms with Crippen LogP contribution in [0.4, 0.5) is 0 Å². The molecule has 1 aromatic carbocycles. The SMILES string of the molecule is COc1ccc(Br)c(C(=O)NCCC23CC4CC(CC(C4)C2)C3)c1. The van der Waals surface area contributed by atoms with Gasteiger partial charge in [-0.3, -0.25) is 4.79 Å². The molecule has 0 atom stereocenters. The van der Waals surface area contributed by atoms with E-state index in [0.29, 0.717) is 16.7 Å². The first-order valence-electron chi connectivity index (χ1n) is 9.19. The van der Waals surface area contributed by atoms with Crippen molar-refractivity contribution in [1.82, 2.24) is 5.32 Å². The normalized spacial score (nSPS) is 33.5. The Morgan fingerprint density at radius 2 is 1.83 bits per heavy atom. The van der Waals surface area contributed by atoms with Crippen molar-refractivity contribution < 1.29 is 9.53 Å². The molecule has 5 rings (SSSR count). The van der Waals surface area contributed by atoms with Crippen LogP contribution in [-0.2, 0) is 0 Å². The van der Waals surface area contributed by atoms with E-state index in [-0.39, 0.29) is 5.91 Å². The predicted octanol–water partition coefficient (Wildman–Crippen LogP) is 4.79. The van der Waals surface area contributed by atoms with Gasteiger partial charge in [0.25, 0.3) is 5.91 Å². The third-order valence-corrected chi connectivity index (χ3v) is 7.22. The van der Waals surface area contributed by atoms with Crippen LogP contribution in [0.2, 0.25) is 0 Å². The molecule has 0 saturated heterocycles. The number of methoxy groups -OCH3 is 1. The molecule has 0 unspecified atom stereocenters. The summed E-state index contributed by atoms with van der Waals surface area (Å²) in [7, 11) is 1.62. The summed E-state index contributed by atoms with van der Waals surface area (Å²) in [5.41, 5.74) is 1.17. The van der Waals surface area contributed by atoms with Gasteiger partial charge in [0, 0.05) is 11.0 Å². The van der Waals surface area contributed by atoms with Crippen molar-refractivity contribution in [2.24, 2.45) is 23.2 Å². The van der Waals surface area contributed by atoms with Gasteiger partial charge in [-0.1, -0.05) is 0 Å². The number of benzene rings is 1. The fourth-order valence-corrected chi connectivity index (χ4v) is 6.36. The Labute approximate surface area is 152 Å². The molecule has 0 aromatic heterocycles. The van der Waals surface area contributed by atoms with E-state index in [4.69, 9.17) is 4.74 Å². The molecule has 1 amide bonds. The molecule has 1 N–H and O–H groups in total. The van der Waals surface area contributed by atoms with E-state index in [0.717, 1.165) is 35.2 Å². The van der Waals surface area contributed by atoms with E-state index in [2.05, 4.69) is 21.2 Å². The summed E-state index contributed by atoms with van der Waals surface area (Å²) >= 11 is 3.47. The van der Waals surface area contributed by atoms with E-state index in [9.17, 15) is 4.79 Å². The van der Waals surface area contributed by atoms with Gasteiger partial charge < -0.3 is 10.1 Å². The standard InChI is InChI=1S/C20H26BrNO2/c1-24-16-2-3-18(21)17(9-16)19(23)22-5-4-20-10-13-6-14(11-20)8-15(7-13)12-20/h2-3,9,13-15H,4-8,10-12H2,1H3,(H,22,23). The van der Waals surface area contributed by atoms with Crippen LogP contribution in [-0.4, -0.2) is 19.6 Å². The van der Waals surface area contributed by atoms with Gasteiger partial charge in [-0.15, -0.1) is 0 Å². The third kappa shape index (κ3) is 3.10. The Bertz CT molecular complexity index is 607.